The first kappa shape index (κ1) is 21.4. The van der Waals surface area contributed by atoms with Crippen LogP contribution in [0.3, 0.4) is 0 Å². The van der Waals surface area contributed by atoms with Crippen molar-refractivity contribution in [3.05, 3.63) is 0 Å². The van der Waals surface area contributed by atoms with E-state index in [4.69, 9.17) is 15.8 Å². The molecule has 4 heteroatoms. The van der Waals surface area contributed by atoms with Gasteiger partial charge >= 0.3 is 5.97 Å². The number of rotatable bonds is 17. The van der Waals surface area contributed by atoms with Crippen molar-refractivity contribution in [2.45, 2.75) is 109 Å². The van der Waals surface area contributed by atoms with E-state index in [0.717, 1.165) is 19.3 Å². The number of carboxylic acids is 1. The minimum absolute atomic E-state index is 0.0258. The molecule has 0 aliphatic carbocycles. The second-order valence-corrected chi connectivity index (χ2v) is 6.37. The normalized spacial score (nSPS) is 12.5. The Bertz CT molecular complexity index is 246. The Balaban J connectivity index is 3.27. The quantitative estimate of drug-likeness (QED) is 0.286. The maximum Gasteiger partial charge on any atom is 0.303 e. The van der Waals surface area contributed by atoms with Crippen LogP contribution in [-0.2, 0) is 9.63 Å². The third kappa shape index (κ3) is 15.8. The van der Waals surface area contributed by atoms with Gasteiger partial charge in [0.25, 0.3) is 0 Å². The Morgan fingerprint density at radius 1 is 0.864 bits per heavy atom. The fourth-order valence-electron chi connectivity index (χ4n) is 2.80. The van der Waals surface area contributed by atoms with E-state index in [2.05, 4.69) is 6.92 Å². The van der Waals surface area contributed by atoms with Crippen molar-refractivity contribution in [2.75, 3.05) is 0 Å². The summed E-state index contributed by atoms with van der Waals surface area (Å²) in [5.41, 5.74) is 0. The smallest absolute Gasteiger partial charge is 0.303 e. The Morgan fingerprint density at radius 2 is 1.32 bits per heavy atom. The van der Waals surface area contributed by atoms with Gasteiger partial charge in [-0.25, -0.2) is 5.90 Å². The Labute approximate surface area is 136 Å². The highest BCUT2D eigenvalue weighted by Gasteiger charge is 2.08. The topological polar surface area (TPSA) is 72.5 Å². The lowest BCUT2D eigenvalue weighted by Gasteiger charge is -2.13. The van der Waals surface area contributed by atoms with Gasteiger partial charge in [0.05, 0.1) is 6.10 Å². The van der Waals surface area contributed by atoms with Crippen LogP contribution < -0.4 is 5.90 Å². The molecule has 0 aromatic heterocycles. The van der Waals surface area contributed by atoms with Gasteiger partial charge in [-0.05, 0) is 19.3 Å². The number of carbonyl (C=O) groups is 1. The van der Waals surface area contributed by atoms with Crippen molar-refractivity contribution in [1.29, 1.82) is 0 Å². The number of hydrogen-bond acceptors (Lipinski definition) is 3. The molecule has 3 N–H and O–H groups in total. The molecule has 0 rings (SSSR count). The molecule has 0 aromatic rings. The molecule has 0 aliphatic heterocycles. The molecule has 0 saturated heterocycles. The Morgan fingerprint density at radius 3 is 1.77 bits per heavy atom. The predicted molar refractivity (Wildman–Crippen MR) is 91.6 cm³/mol. The van der Waals surface area contributed by atoms with Crippen molar-refractivity contribution >= 4 is 5.97 Å². The summed E-state index contributed by atoms with van der Waals surface area (Å²) in [6.45, 7) is 2.26. The summed E-state index contributed by atoms with van der Waals surface area (Å²) in [4.78, 5) is 15.4. The van der Waals surface area contributed by atoms with Crippen molar-refractivity contribution in [3.8, 4) is 0 Å². The molecule has 1 unspecified atom stereocenters. The molecule has 0 bridgehead atoms. The molecule has 0 aromatic carbocycles. The average molecular weight is 315 g/mol. The van der Waals surface area contributed by atoms with Gasteiger partial charge in [0, 0.05) is 6.42 Å². The molecule has 0 amide bonds. The number of carboxylic acid groups (broad SMARTS) is 1. The lowest BCUT2D eigenvalue weighted by atomic mass is 10.0. The SMILES string of the molecule is CCCCCCCCCCCCCC(CCCC(=O)O)ON. The number of hydrogen-bond donors (Lipinski definition) is 2. The van der Waals surface area contributed by atoms with Gasteiger partial charge in [-0.15, -0.1) is 0 Å². The van der Waals surface area contributed by atoms with Gasteiger partial charge in [-0.2, -0.15) is 0 Å². The first-order valence-corrected chi connectivity index (χ1v) is 9.28. The Hall–Kier alpha value is -0.610. The Kier molecular flexibility index (Phi) is 16.3. The van der Waals surface area contributed by atoms with Crippen LogP contribution in [0, 0.1) is 0 Å². The second-order valence-electron chi connectivity index (χ2n) is 6.37. The van der Waals surface area contributed by atoms with E-state index in [1.54, 1.807) is 0 Å². The van der Waals surface area contributed by atoms with Crippen LogP contribution >= 0.6 is 0 Å². The molecular formula is C18H37NO3. The fraction of sp³-hybridized carbons (Fsp3) is 0.944. The van der Waals surface area contributed by atoms with E-state index in [0.29, 0.717) is 6.42 Å². The number of nitrogens with two attached hydrogens (primary N) is 1. The van der Waals surface area contributed by atoms with Crippen molar-refractivity contribution in [1.82, 2.24) is 0 Å². The zero-order valence-corrected chi connectivity index (χ0v) is 14.5. The highest BCUT2D eigenvalue weighted by atomic mass is 16.6. The summed E-state index contributed by atoms with van der Waals surface area (Å²) in [5.74, 6) is 4.53. The third-order valence-corrected chi connectivity index (χ3v) is 4.24. The molecule has 0 saturated carbocycles. The van der Waals surface area contributed by atoms with Crippen LogP contribution in [0.15, 0.2) is 0 Å². The van der Waals surface area contributed by atoms with Crippen LogP contribution in [0.25, 0.3) is 0 Å². The van der Waals surface area contributed by atoms with Crippen molar-refractivity contribution < 1.29 is 14.7 Å². The van der Waals surface area contributed by atoms with E-state index in [-0.39, 0.29) is 12.5 Å². The van der Waals surface area contributed by atoms with Crippen LogP contribution in [0.2, 0.25) is 0 Å². The summed E-state index contributed by atoms with van der Waals surface area (Å²) >= 11 is 0. The first-order valence-electron chi connectivity index (χ1n) is 9.28. The fourth-order valence-corrected chi connectivity index (χ4v) is 2.80. The molecule has 1 atom stereocenters. The van der Waals surface area contributed by atoms with Gasteiger partial charge < -0.3 is 9.94 Å². The maximum absolute atomic E-state index is 10.5. The first-order chi connectivity index (χ1) is 10.7. The predicted octanol–water partition coefficient (Wildman–Crippen LogP) is 5.20. The summed E-state index contributed by atoms with van der Waals surface area (Å²) in [6, 6.07) is 0. The lowest BCUT2D eigenvalue weighted by Crippen LogP contribution is -2.17. The van der Waals surface area contributed by atoms with Crippen LogP contribution in [0.5, 0.6) is 0 Å². The monoisotopic (exact) mass is 315 g/mol. The zero-order valence-electron chi connectivity index (χ0n) is 14.5. The molecule has 22 heavy (non-hydrogen) atoms. The molecular weight excluding hydrogens is 278 g/mol. The second kappa shape index (κ2) is 16.8. The zero-order chi connectivity index (χ0) is 16.5. The maximum atomic E-state index is 10.5. The molecule has 0 heterocycles. The lowest BCUT2D eigenvalue weighted by molar-refractivity contribution is -0.137. The third-order valence-electron chi connectivity index (χ3n) is 4.24. The van der Waals surface area contributed by atoms with Crippen LogP contribution in [0.1, 0.15) is 103 Å². The van der Waals surface area contributed by atoms with E-state index >= 15 is 0 Å². The average Bonchev–Trinajstić information content (AvgIpc) is 2.50. The minimum Gasteiger partial charge on any atom is -0.481 e. The largest absolute Gasteiger partial charge is 0.481 e. The van der Waals surface area contributed by atoms with Gasteiger partial charge in [-0.1, -0.05) is 77.6 Å². The molecule has 0 radical (unpaired) electrons. The van der Waals surface area contributed by atoms with Gasteiger partial charge in [-0.3, -0.25) is 4.79 Å². The summed E-state index contributed by atoms with van der Waals surface area (Å²) < 4.78 is 0. The van der Waals surface area contributed by atoms with Crippen LogP contribution in [-0.4, -0.2) is 17.2 Å². The van der Waals surface area contributed by atoms with E-state index in [1.807, 2.05) is 0 Å². The van der Waals surface area contributed by atoms with Gasteiger partial charge in [0.1, 0.15) is 0 Å². The summed E-state index contributed by atoms with van der Waals surface area (Å²) in [6.07, 6.45) is 17.2. The standard InChI is InChI=1S/C18H37NO3/c1-2-3-4-5-6-7-8-9-10-11-12-14-17(22-19)15-13-16-18(20)21/h17H,2-16,19H2,1H3,(H,20,21). The summed E-state index contributed by atoms with van der Waals surface area (Å²) in [5, 5.41) is 8.60. The minimum atomic E-state index is -0.745. The van der Waals surface area contributed by atoms with Crippen LogP contribution in [0.4, 0.5) is 0 Å². The van der Waals surface area contributed by atoms with E-state index in [9.17, 15) is 4.79 Å². The van der Waals surface area contributed by atoms with Crippen molar-refractivity contribution in [3.63, 3.8) is 0 Å². The molecule has 4 nitrogen and oxygen atoms in total. The van der Waals surface area contributed by atoms with Gasteiger partial charge in [0.2, 0.25) is 0 Å². The van der Waals surface area contributed by atoms with E-state index < -0.39 is 5.97 Å². The highest BCUT2D eigenvalue weighted by Crippen LogP contribution is 2.15. The molecule has 0 spiro atoms. The van der Waals surface area contributed by atoms with Crippen molar-refractivity contribution in [2.24, 2.45) is 5.90 Å². The van der Waals surface area contributed by atoms with E-state index in [1.165, 1.54) is 64.2 Å². The molecule has 0 aliphatic rings. The van der Waals surface area contributed by atoms with Gasteiger partial charge in [0.15, 0.2) is 0 Å². The summed E-state index contributed by atoms with van der Waals surface area (Å²) in [7, 11) is 0. The highest BCUT2D eigenvalue weighted by molar-refractivity contribution is 5.66. The number of unbranched alkanes of at least 4 members (excludes halogenated alkanes) is 10. The number of aliphatic carboxylic acids is 1. The molecule has 0 fully saturated rings. The molecule has 132 valence electrons.